The number of carbonyl (C=O) groups excluding carboxylic acids is 2. The van der Waals surface area contributed by atoms with Crippen LogP contribution in [0.1, 0.15) is 22.8 Å². The highest BCUT2D eigenvalue weighted by molar-refractivity contribution is 5.96. The summed E-state index contributed by atoms with van der Waals surface area (Å²) < 4.78 is 0. The molecule has 0 heterocycles. The first-order valence-corrected chi connectivity index (χ1v) is 5.37. The van der Waals surface area contributed by atoms with E-state index in [9.17, 15) is 9.59 Å². The van der Waals surface area contributed by atoms with Crippen LogP contribution in [-0.4, -0.2) is 18.4 Å². The number of aryl methyl sites for hydroxylation is 1. The number of rotatable bonds is 4. The molecule has 0 aliphatic heterocycles. The van der Waals surface area contributed by atoms with Crippen molar-refractivity contribution in [1.82, 2.24) is 0 Å². The monoisotopic (exact) mass is 235 g/mol. The molecule has 0 saturated heterocycles. The average molecular weight is 235 g/mol. The van der Waals surface area contributed by atoms with Crippen LogP contribution in [0.25, 0.3) is 0 Å². The Morgan fingerprint density at radius 1 is 1.41 bits per heavy atom. The lowest BCUT2D eigenvalue weighted by Crippen LogP contribution is -2.26. The van der Waals surface area contributed by atoms with E-state index in [2.05, 4.69) is 5.32 Å². The third-order valence-corrected chi connectivity index (χ3v) is 2.56. The molecule has 1 unspecified atom stereocenters. The molecule has 0 radical (unpaired) electrons. The lowest BCUT2D eigenvalue weighted by atomic mass is 10.1. The van der Waals surface area contributed by atoms with Crippen molar-refractivity contribution in [2.24, 2.45) is 17.4 Å². The van der Waals surface area contributed by atoms with Gasteiger partial charge in [-0.05, 0) is 30.7 Å². The molecule has 0 spiro atoms. The molecule has 0 fully saturated rings. The molecule has 1 atom stereocenters. The topological polar surface area (TPSA) is 98.2 Å². The summed E-state index contributed by atoms with van der Waals surface area (Å²) in [6.07, 6.45) is 0. The van der Waals surface area contributed by atoms with Crippen LogP contribution >= 0.6 is 0 Å². The van der Waals surface area contributed by atoms with Crippen molar-refractivity contribution in [2.45, 2.75) is 13.8 Å². The maximum absolute atomic E-state index is 11.6. The molecule has 0 saturated carbocycles. The van der Waals surface area contributed by atoms with Crippen molar-refractivity contribution in [3.63, 3.8) is 0 Å². The maximum Gasteiger partial charge on any atom is 0.248 e. The minimum Gasteiger partial charge on any atom is -0.366 e. The smallest absolute Gasteiger partial charge is 0.248 e. The zero-order valence-electron chi connectivity index (χ0n) is 9.99. The number of hydrogen-bond acceptors (Lipinski definition) is 3. The van der Waals surface area contributed by atoms with Crippen molar-refractivity contribution < 1.29 is 9.59 Å². The third-order valence-electron chi connectivity index (χ3n) is 2.56. The molecule has 5 nitrogen and oxygen atoms in total. The molecular weight excluding hydrogens is 218 g/mol. The second-order valence-corrected chi connectivity index (χ2v) is 4.02. The molecule has 1 rings (SSSR count). The molecule has 0 bridgehead atoms. The second kappa shape index (κ2) is 5.45. The van der Waals surface area contributed by atoms with Crippen LogP contribution in [0.4, 0.5) is 5.69 Å². The Balaban J connectivity index is 2.84. The summed E-state index contributed by atoms with van der Waals surface area (Å²) in [4.78, 5) is 22.6. The van der Waals surface area contributed by atoms with Crippen LogP contribution in [0.15, 0.2) is 18.2 Å². The minimum atomic E-state index is -0.476. The van der Waals surface area contributed by atoms with Gasteiger partial charge in [-0.25, -0.2) is 0 Å². The van der Waals surface area contributed by atoms with Crippen LogP contribution < -0.4 is 16.8 Å². The number of nitrogens with one attached hydrogen (secondary N) is 1. The summed E-state index contributed by atoms with van der Waals surface area (Å²) in [7, 11) is 0. The molecule has 5 N–H and O–H groups in total. The molecule has 0 aliphatic carbocycles. The quantitative estimate of drug-likeness (QED) is 0.713. The molecule has 1 aromatic rings. The Morgan fingerprint density at radius 3 is 2.53 bits per heavy atom. The number of hydrogen-bond donors (Lipinski definition) is 3. The van der Waals surface area contributed by atoms with Crippen molar-refractivity contribution in [1.29, 1.82) is 0 Å². The number of carbonyl (C=O) groups is 2. The van der Waals surface area contributed by atoms with Gasteiger partial charge in [-0.1, -0.05) is 6.92 Å². The fraction of sp³-hybridized carbons (Fsp3) is 0.333. The van der Waals surface area contributed by atoms with Crippen LogP contribution in [0.2, 0.25) is 0 Å². The number of nitrogens with two attached hydrogens (primary N) is 2. The summed E-state index contributed by atoms with van der Waals surface area (Å²) in [5, 5.41) is 2.73. The van der Waals surface area contributed by atoms with Gasteiger partial charge in [0.05, 0.1) is 0 Å². The molecule has 17 heavy (non-hydrogen) atoms. The van der Waals surface area contributed by atoms with E-state index < -0.39 is 5.91 Å². The van der Waals surface area contributed by atoms with Crippen LogP contribution in [0.5, 0.6) is 0 Å². The summed E-state index contributed by atoms with van der Waals surface area (Å²) in [6.45, 7) is 3.81. The van der Waals surface area contributed by atoms with Gasteiger partial charge in [0.2, 0.25) is 11.8 Å². The predicted octanol–water partition coefficient (Wildman–Crippen LogP) is 0.627. The summed E-state index contributed by atoms with van der Waals surface area (Å²) >= 11 is 0. The van der Waals surface area contributed by atoms with Gasteiger partial charge in [-0.15, -0.1) is 0 Å². The number of primary amides is 1. The van der Waals surface area contributed by atoms with Crippen molar-refractivity contribution in [3.05, 3.63) is 29.3 Å². The minimum absolute atomic E-state index is 0.140. The van der Waals surface area contributed by atoms with Crippen molar-refractivity contribution >= 4 is 17.5 Å². The van der Waals surface area contributed by atoms with Crippen LogP contribution in [0, 0.1) is 12.8 Å². The Kier molecular flexibility index (Phi) is 4.23. The van der Waals surface area contributed by atoms with Gasteiger partial charge in [0.1, 0.15) is 0 Å². The van der Waals surface area contributed by atoms with Gasteiger partial charge < -0.3 is 16.8 Å². The molecule has 2 amide bonds. The van der Waals surface area contributed by atoms with E-state index >= 15 is 0 Å². The van der Waals surface area contributed by atoms with E-state index in [1.165, 1.54) is 0 Å². The van der Waals surface area contributed by atoms with Crippen molar-refractivity contribution in [2.75, 3.05) is 11.9 Å². The summed E-state index contributed by atoms with van der Waals surface area (Å²) in [6, 6.07) is 4.95. The first-order chi connectivity index (χ1) is 7.95. The van der Waals surface area contributed by atoms with Gasteiger partial charge in [-0.3, -0.25) is 9.59 Å². The fourth-order valence-corrected chi connectivity index (χ4v) is 1.39. The summed E-state index contributed by atoms with van der Waals surface area (Å²) in [5.74, 6) is -0.861. The number of anilines is 1. The SMILES string of the molecule is Cc1cc(NC(=O)C(C)CN)ccc1C(N)=O. The fourth-order valence-electron chi connectivity index (χ4n) is 1.39. The zero-order chi connectivity index (χ0) is 13.0. The Morgan fingerprint density at radius 2 is 2.06 bits per heavy atom. The highest BCUT2D eigenvalue weighted by atomic mass is 16.2. The lowest BCUT2D eigenvalue weighted by Gasteiger charge is -2.11. The van der Waals surface area contributed by atoms with E-state index in [1.807, 2.05) is 0 Å². The van der Waals surface area contributed by atoms with E-state index in [-0.39, 0.29) is 11.8 Å². The van der Waals surface area contributed by atoms with Gasteiger partial charge in [0, 0.05) is 23.7 Å². The summed E-state index contributed by atoms with van der Waals surface area (Å²) in [5.41, 5.74) is 12.4. The predicted molar refractivity (Wildman–Crippen MR) is 66.5 cm³/mol. The Labute approximate surface area is 100 Å². The highest BCUT2D eigenvalue weighted by Gasteiger charge is 2.12. The zero-order valence-corrected chi connectivity index (χ0v) is 9.99. The Hall–Kier alpha value is -1.88. The number of benzene rings is 1. The Bertz CT molecular complexity index is 443. The molecular formula is C12H17N3O2. The van der Waals surface area contributed by atoms with Crippen LogP contribution in [-0.2, 0) is 4.79 Å². The van der Waals surface area contributed by atoms with Gasteiger partial charge in [-0.2, -0.15) is 0 Å². The molecule has 0 aromatic heterocycles. The van der Waals surface area contributed by atoms with Gasteiger partial charge in [0.25, 0.3) is 0 Å². The van der Waals surface area contributed by atoms with E-state index in [4.69, 9.17) is 11.5 Å². The average Bonchev–Trinajstić information content (AvgIpc) is 2.27. The molecule has 0 aliphatic rings. The molecule has 5 heteroatoms. The maximum atomic E-state index is 11.6. The standard InChI is InChI=1S/C12H17N3O2/c1-7-5-9(3-4-10(7)11(14)16)15-12(17)8(2)6-13/h3-5,8H,6,13H2,1-2H3,(H2,14,16)(H,15,17). The van der Waals surface area contributed by atoms with Crippen molar-refractivity contribution in [3.8, 4) is 0 Å². The van der Waals surface area contributed by atoms with Crippen LogP contribution in [0.3, 0.4) is 0 Å². The largest absolute Gasteiger partial charge is 0.366 e. The lowest BCUT2D eigenvalue weighted by molar-refractivity contribution is -0.119. The first-order valence-electron chi connectivity index (χ1n) is 5.37. The van der Waals surface area contributed by atoms with E-state index in [0.717, 1.165) is 5.56 Å². The third kappa shape index (κ3) is 3.29. The van der Waals surface area contributed by atoms with Gasteiger partial charge in [0.15, 0.2) is 0 Å². The van der Waals surface area contributed by atoms with Gasteiger partial charge >= 0.3 is 0 Å². The second-order valence-electron chi connectivity index (χ2n) is 4.02. The molecule has 92 valence electrons. The number of amides is 2. The molecule has 1 aromatic carbocycles. The van der Waals surface area contributed by atoms with E-state index in [0.29, 0.717) is 17.8 Å². The normalized spacial score (nSPS) is 11.9. The first kappa shape index (κ1) is 13.2. The highest BCUT2D eigenvalue weighted by Crippen LogP contribution is 2.15. The van der Waals surface area contributed by atoms with E-state index in [1.54, 1.807) is 32.0 Å².